The minimum Gasteiger partial charge on any atom is -0.465 e. The quantitative estimate of drug-likeness (QED) is 0.377. The average Bonchev–Trinajstić information content (AvgIpc) is 2.80. The maximum atomic E-state index is 12.4. The summed E-state index contributed by atoms with van der Waals surface area (Å²) in [4.78, 5) is 38.6. The van der Waals surface area contributed by atoms with Gasteiger partial charge in [-0.15, -0.1) is 0 Å². The van der Waals surface area contributed by atoms with Crippen molar-refractivity contribution in [3.63, 3.8) is 0 Å². The van der Waals surface area contributed by atoms with Gasteiger partial charge in [-0.25, -0.2) is 9.59 Å². The Bertz CT molecular complexity index is 667. The molecule has 0 aliphatic carbocycles. The Hall–Kier alpha value is -2.63. The van der Waals surface area contributed by atoms with Crippen LogP contribution in [0.5, 0.6) is 0 Å². The van der Waals surface area contributed by atoms with Crippen LogP contribution in [0.25, 0.3) is 0 Å². The van der Waals surface area contributed by atoms with Crippen molar-refractivity contribution in [3.05, 3.63) is 46.8 Å². The number of H-pyrrole nitrogens is 1. The summed E-state index contributed by atoms with van der Waals surface area (Å²) >= 11 is 0. The molecule has 1 atom stereocenters. The van der Waals surface area contributed by atoms with Crippen molar-refractivity contribution in [1.82, 2.24) is 4.98 Å². The van der Waals surface area contributed by atoms with Crippen LogP contribution in [0, 0.1) is 13.8 Å². The average molecular weight is 319 g/mol. The Morgan fingerprint density at radius 1 is 1.17 bits per heavy atom. The molecule has 1 heterocycles. The number of esters is 2. The van der Waals surface area contributed by atoms with E-state index < -0.39 is 23.8 Å². The zero-order valence-corrected chi connectivity index (χ0v) is 13.9. The van der Waals surface area contributed by atoms with Gasteiger partial charge in [0, 0.05) is 11.8 Å². The van der Waals surface area contributed by atoms with Crippen LogP contribution in [0.4, 0.5) is 0 Å². The molecule has 1 rings (SSSR count). The first kappa shape index (κ1) is 18.4. The second-order valence-electron chi connectivity index (χ2n) is 4.94. The van der Waals surface area contributed by atoms with Crippen molar-refractivity contribution in [2.75, 3.05) is 7.11 Å². The molecule has 1 N–H and O–H groups in total. The molecule has 0 radical (unpaired) electrons. The van der Waals surface area contributed by atoms with E-state index in [1.807, 2.05) is 6.92 Å². The summed E-state index contributed by atoms with van der Waals surface area (Å²) in [6, 6.07) is 0. The number of methoxy groups -OCH3 is 1. The SMILES string of the molecule is C/C=C/C=C/C(=O)OC(C)C(=O)c1[nH]c(C)c(C(=O)OC)c1C. The van der Waals surface area contributed by atoms with E-state index in [9.17, 15) is 14.4 Å². The fraction of sp³-hybridized carbons (Fsp3) is 0.353. The Labute approximate surface area is 135 Å². The topological polar surface area (TPSA) is 85.5 Å². The first-order valence-electron chi connectivity index (χ1n) is 7.15. The molecule has 0 bridgehead atoms. The fourth-order valence-corrected chi connectivity index (χ4v) is 2.12. The van der Waals surface area contributed by atoms with Gasteiger partial charge in [-0.1, -0.05) is 18.2 Å². The number of rotatable bonds is 6. The molecule has 124 valence electrons. The summed E-state index contributed by atoms with van der Waals surface area (Å²) in [5, 5.41) is 0. The summed E-state index contributed by atoms with van der Waals surface area (Å²) in [7, 11) is 1.27. The number of ketones is 1. The smallest absolute Gasteiger partial charge is 0.339 e. The zero-order valence-electron chi connectivity index (χ0n) is 13.9. The molecule has 0 saturated heterocycles. The third-order valence-electron chi connectivity index (χ3n) is 3.27. The van der Waals surface area contributed by atoms with E-state index in [0.717, 1.165) is 0 Å². The second kappa shape index (κ2) is 8.12. The van der Waals surface area contributed by atoms with Gasteiger partial charge in [0.05, 0.1) is 18.4 Å². The van der Waals surface area contributed by atoms with Crippen molar-refractivity contribution in [2.24, 2.45) is 0 Å². The molecule has 0 aliphatic heterocycles. The number of allylic oxidation sites excluding steroid dienone is 3. The first-order chi connectivity index (χ1) is 10.8. The van der Waals surface area contributed by atoms with Gasteiger partial charge in [0.25, 0.3) is 0 Å². The number of ether oxygens (including phenoxy) is 2. The lowest BCUT2D eigenvalue weighted by molar-refractivity contribution is -0.140. The zero-order chi connectivity index (χ0) is 17.6. The number of hydrogen-bond acceptors (Lipinski definition) is 5. The van der Waals surface area contributed by atoms with E-state index >= 15 is 0 Å². The third kappa shape index (κ3) is 4.42. The molecular formula is C17H21NO5. The van der Waals surface area contributed by atoms with E-state index in [4.69, 9.17) is 9.47 Å². The van der Waals surface area contributed by atoms with Gasteiger partial charge in [0.15, 0.2) is 6.10 Å². The third-order valence-corrected chi connectivity index (χ3v) is 3.27. The maximum absolute atomic E-state index is 12.4. The molecule has 1 unspecified atom stereocenters. The Kier molecular flexibility index (Phi) is 6.50. The highest BCUT2D eigenvalue weighted by Gasteiger charge is 2.26. The number of aromatic nitrogens is 1. The highest BCUT2D eigenvalue weighted by Crippen LogP contribution is 2.20. The molecule has 0 saturated carbocycles. The van der Waals surface area contributed by atoms with Gasteiger partial charge in [0.1, 0.15) is 0 Å². The predicted octanol–water partition coefficient (Wildman–Crippen LogP) is 2.66. The van der Waals surface area contributed by atoms with Crippen LogP contribution < -0.4 is 0 Å². The van der Waals surface area contributed by atoms with Gasteiger partial charge >= 0.3 is 11.9 Å². The molecule has 6 heteroatoms. The maximum Gasteiger partial charge on any atom is 0.339 e. The summed E-state index contributed by atoms with van der Waals surface area (Å²) in [5.74, 6) is -1.54. The highest BCUT2D eigenvalue weighted by molar-refractivity contribution is 6.04. The van der Waals surface area contributed by atoms with Crippen LogP contribution in [0.1, 0.15) is 46.0 Å². The summed E-state index contributed by atoms with van der Waals surface area (Å²) in [6.45, 7) is 6.62. The molecule has 0 fully saturated rings. The molecule has 1 aromatic heterocycles. The van der Waals surface area contributed by atoms with Gasteiger partial charge in [-0.2, -0.15) is 0 Å². The molecular weight excluding hydrogens is 298 g/mol. The van der Waals surface area contributed by atoms with Crippen molar-refractivity contribution in [3.8, 4) is 0 Å². The minimum atomic E-state index is -0.972. The highest BCUT2D eigenvalue weighted by atomic mass is 16.5. The molecule has 0 aromatic carbocycles. The van der Waals surface area contributed by atoms with E-state index in [1.54, 1.807) is 26.0 Å². The summed E-state index contributed by atoms with van der Waals surface area (Å²) in [6.07, 6.45) is 5.22. The lowest BCUT2D eigenvalue weighted by atomic mass is 10.1. The summed E-state index contributed by atoms with van der Waals surface area (Å²) in [5.41, 5.74) is 1.57. The largest absolute Gasteiger partial charge is 0.465 e. The van der Waals surface area contributed by atoms with Gasteiger partial charge in [0.2, 0.25) is 5.78 Å². The molecule has 0 spiro atoms. The predicted molar refractivity (Wildman–Crippen MR) is 85.4 cm³/mol. The van der Waals surface area contributed by atoms with E-state index in [1.165, 1.54) is 26.2 Å². The Balaban J connectivity index is 2.93. The van der Waals surface area contributed by atoms with Crippen LogP contribution in [0.3, 0.4) is 0 Å². The first-order valence-corrected chi connectivity index (χ1v) is 7.15. The number of carbonyl (C=O) groups excluding carboxylic acids is 3. The number of nitrogens with one attached hydrogen (secondary N) is 1. The number of hydrogen-bond donors (Lipinski definition) is 1. The van der Waals surface area contributed by atoms with Gasteiger partial charge in [-0.3, -0.25) is 4.79 Å². The molecule has 0 aliphatic rings. The number of Topliss-reactive ketones (excluding diaryl/α,β-unsaturated/α-hetero) is 1. The van der Waals surface area contributed by atoms with Crippen LogP contribution in [0.2, 0.25) is 0 Å². The van der Waals surface area contributed by atoms with Crippen molar-refractivity contribution >= 4 is 17.7 Å². The van der Waals surface area contributed by atoms with E-state index in [0.29, 0.717) is 16.8 Å². The minimum absolute atomic E-state index is 0.237. The van der Waals surface area contributed by atoms with Crippen molar-refractivity contribution < 1.29 is 23.9 Å². The van der Waals surface area contributed by atoms with Crippen LogP contribution >= 0.6 is 0 Å². The monoisotopic (exact) mass is 319 g/mol. The van der Waals surface area contributed by atoms with Gasteiger partial charge < -0.3 is 14.5 Å². The molecule has 0 amide bonds. The van der Waals surface area contributed by atoms with Crippen molar-refractivity contribution in [2.45, 2.75) is 33.8 Å². The van der Waals surface area contributed by atoms with Crippen LogP contribution in [-0.2, 0) is 14.3 Å². The van der Waals surface area contributed by atoms with Crippen LogP contribution in [-0.4, -0.2) is 35.9 Å². The second-order valence-corrected chi connectivity index (χ2v) is 4.94. The fourth-order valence-electron chi connectivity index (χ4n) is 2.12. The van der Waals surface area contributed by atoms with Gasteiger partial charge in [-0.05, 0) is 33.3 Å². The molecule has 1 aromatic rings. The summed E-state index contributed by atoms with van der Waals surface area (Å²) < 4.78 is 9.76. The number of carbonyl (C=O) groups is 3. The Morgan fingerprint density at radius 2 is 1.83 bits per heavy atom. The Morgan fingerprint density at radius 3 is 2.39 bits per heavy atom. The molecule has 23 heavy (non-hydrogen) atoms. The van der Waals surface area contributed by atoms with E-state index in [2.05, 4.69) is 4.98 Å². The normalized spacial score (nSPS) is 12.6. The lowest BCUT2D eigenvalue weighted by Gasteiger charge is -2.10. The standard InChI is InChI=1S/C17H21NO5/c1-6-7-8-9-13(19)23-12(4)16(20)15-10(2)14(11(3)18-15)17(21)22-5/h6-9,12,18H,1-5H3/b7-6+,9-8+. The lowest BCUT2D eigenvalue weighted by Crippen LogP contribution is -2.24. The number of aryl methyl sites for hydroxylation is 1. The van der Waals surface area contributed by atoms with Crippen molar-refractivity contribution in [1.29, 1.82) is 0 Å². The number of aromatic amines is 1. The van der Waals surface area contributed by atoms with Crippen LogP contribution in [0.15, 0.2) is 24.3 Å². The molecule has 6 nitrogen and oxygen atoms in total. The van der Waals surface area contributed by atoms with E-state index in [-0.39, 0.29) is 5.69 Å².